The Bertz CT molecular complexity index is 565. The number of amides is 1. The summed E-state index contributed by atoms with van der Waals surface area (Å²) in [6.45, 7) is -0.0251. The summed E-state index contributed by atoms with van der Waals surface area (Å²) in [6, 6.07) is 5.35. The molecule has 0 saturated heterocycles. The van der Waals surface area contributed by atoms with Crippen LogP contribution in [0.5, 0.6) is 0 Å². The fourth-order valence-electron chi connectivity index (χ4n) is 1.27. The number of hydrogen-bond acceptors (Lipinski definition) is 4. The molecule has 0 atom stereocenters. The summed E-state index contributed by atoms with van der Waals surface area (Å²) in [5.74, 6) is -1.75. The maximum Gasteiger partial charge on any atom is 0.335 e. The second-order valence-corrected chi connectivity index (χ2v) is 5.71. The van der Waals surface area contributed by atoms with Crippen molar-refractivity contribution in [3.05, 3.63) is 35.4 Å². The molecule has 0 aromatic heterocycles. The largest absolute Gasteiger partial charge is 0.478 e. The predicted molar refractivity (Wildman–Crippen MR) is 68.6 cm³/mol. The van der Waals surface area contributed by atoms with Crippen LogP contribution in [0.15, 0.2) is 24.3 Å². The molecule has 0 unspecified atom stereocenters. The molecule has 0 aliphatic heterocycles. The van der Waals surface area contributed by atoms with Gasteiger partial charge in [0.15, 0.2) is 0 Å². The maximum absolute atomic E-state index is 11.6. The van der Waals surface area contributed by atoms with Crippen molar-refractivity contribution in [1.29, 1.82) is 0 Å². The molecule has 1 aromatic rings. The van der Waals surface area contributed by atoms with Crippen LogP contribution in [0, 0.1) is 0 Å². The molecular weight excluding hydrogens is 272 g/mol. The molecule has 104 valence electrons. The third-order valence-corrected chi connectivity index (χ3v) is 3.72. The Hall–Kier alpha value is -1.93. The lowest BCUT2D eigenvalue weighted by molar-refractivity contribution is 0.0696. The van der Waals surface area contributed by atoms with E-state index in [0.29, 0.717) is 0 Å². The van der Waals surface area contributed by atoms with Gasteiger partial charge in [-0.3, -0.25) is 4.79 Å². The summed E-state index contributed by atoms with van der Waals surface area (Å²) in [4.78, 5) is 22.2. The van der Waals surface area contributed by atoms with Gasteiger partial charge < -0.3 is 10.4 Å². The number of nitrogens with one attached hydrogen (secondary N) is 2. The van der Waals surface area contributed by atoms with Gasteiger partial charge >= 0.3 is 5.97 Å². The monoisotopic (exact) mass is 286 g/mol. The molecule has 0 saturated carbocycles. The van der Waals surface area contributed by atoms with Crippen molar-refractivity contribution in [2.45, 2.75) is 0 Å². The minimum Gasteiger partial charge on any atom is -0.478 e. The highest BCUT2D eigenvalue weighted by atomic mass is 32.2. The van der Waals surface area contributed by atoms with Crippen LogP contribution in [0.2, 0.25) is 0 Å². The first-order valence-electron chi connectivity index (χ1n) is 5.38. The van der Waals surface area contributed by atoms with Gasteiger partial charge in [0, 0.05) is 12.1 Å². The van der Waals surface area contributed by atoms with Crippen molar-refractivity contribution in [2.24, 2.45) is 0 Å². The molecule has 1 aromatic carbocycles. The van der Waals surface area contributed by atoms with Gasteiger partial charge in [-0.2, -0.15) is 0 Å². The van der Waals surface area contributed by atoms with E-state index in [4.69, 9.17) is 5.11 Å². The van der Waals surface area contributed by atoms with Crippen LogP contribution in [-0.4, -0.2) is 44.7 Å². The van der Waals surface area contributed by atoms with E-state index < -0.39 is 21.9 Å². The summed E-state index contributed by atoms with van der Waals surface area (Å²) < 4.78 is 24.3. The van der Waals surface area contributed by atoms with E-state index >= 15 is 0 Å². The van der Waals surface area contributed by atoms with Gasteiger partial charge in [-0.1, -0.05) is 0 Å². The Kier molecular flexibility index (Phi) is 5.02. The van der Waals surface area contributed by atoms with Crippen molar-refractivity contribution in [3.63, 3.8) is 0 Å². The first kappa shape index (κ1) is 15.1. The average Bonchev–Trinajstić information content (AvgIpc) is 2.38. The summed E-state index contributed by atoms with van der Waals surface area (Å²) in [7, 11) is -2.06. The van der Waals surface area contributed by atoms with Gasteiger partial charge in [-0.25, -0.2) is 17.9 Å². The van der Waals surface area contributed by atoms with Crippen molar-refractivity contribution in [3.8, 4) is 0 Å². The highest BCUT2D eigenvalue weighted by Gasteiger charge is 2.10. The average molecular weight is 286 g/mol. The molecule has 0 spiro atoms. The van der Waals surface area contributed by atoms with Gasteiger partial charge in [0.05, 0.1) is 11.3 Å². The molecule has 0 fully saturated rings. The van der Waals surface area contributed by atoms with E-state index in [1.165, 1.54) is 31.3 Å². The fourth-order valence-corrected chi connectivity index (χ4v) is 1.84. The number of benzene rings is 1. The summed E-state index contributed by atoms with van der Waals surface area (Å²) in [5.41, 5.74) is 0.348. The van der Waals surface area contributed by atoms with Crippen LogP contribution in [0.25, 0.3) is 0 Å². The molecule has 3 N–H and O–H groups in total. The van der Waals surface area contributed by atoms with Crippen molar-refractivity contribution < 1.29 is 23.1 Å². The van der Waals surface area contributed by atoms with E-state index in [0.717, 1.165) is 0 Å². The number of hydrogen-bond donors (Lipinski definition) is 3. The molecule has 7 nitrogen and oxygen atoms in total. The number of carbonyl (C=O) groups excluding carboxylic acids is 1. The molecule has 0 radical (unpaired) electrons. The number of carbonyl (C=O) groups is 2. The third kappa shape index (κ3) is 4.68. The molecule has 1 rings (SSSR count). The summed E-state index contributed by atoms with van der Waals surface area (Å²) in [6.07, 6.45) is 0. The first-order chi connectivity index (χ1) is 8.85. The fraction of sp³-hybridized carbons (Fsp3) is 0.273. The molecule has 0 aliphatic rings. The van der Waals surface area contributed by atoms with Gasteiger partial charge in [-0.15, -0.1) is 0 Å². The molecule has 1 amide bonds. The molecule has 19 heavy (non-hydrogen) atoms. The number of carboxylic acids is 1. The van der Waals surface area contributed by atoms with Crippen LogP contribution in [0.3, 0.4) is 0 Å². The first-order valence-corrected chi connectivity index (χ1v) is 7.04. The minimum absolute atomic E-state index is 0.0251. The SMILES string of the molecule is CNS(=O)(=O)CCNC(=O)c1ccc(C(=O)O)cc1. The van der Waals surface area contributed by atoms with Gasteiger partial charge in [-0.05, 0) is 31.3 Å². The molecule has 0 bridgehead atoms. The highest BCUT2D eigenvalue weighted by Crippen LogP contribution is 2.04. The second kappa shape index (κ2) is 6.30. The third-order valence-electron chi connectivity index (χ3n) is 2.36. The minimum atomic E-state index is -3.36. The molecule has 0 aliphatic carbocycles. The van der Waals surface area contributed by atoms with Gasteiger partial charge in [0.1, 0.15) is 0 Å². The zero-order valence-electron chi connectivity index (χ0n) is 10.2. The molecular formula is C11H14N2O5S. The Balaban J connectivity index is 2.57. The second-order valence-electron chi connectivity index (χ2n) is 3.66. The maximum atomic E-state index is 11.6. The Morgan fingerprint density at radius 2 is 1.68 bits per heavy atom. The normalized spacial score (nSPS) is 11.0. The number of sulfonamides is 1. The van der Waals surface area contributed by atoms with Crippen LogP contribution in [0.4, 0.5) is 0 Å². The predicted octanol–water partition coefficient (Wildman–Crippen LogP) is -0.336. The van der Waals surface area contributed by atoms with E-state index in [1.54, 1.807) is 0 Å². The van der Waals surface area contributed by atoms with Crippen molar-refractivity contribution in [2.75, 3.05) is 19.3 Å². The van der Waals surface area contributed by atoms with Crippen LogP contribution in [-0.2, 0) is 10.0 Å². The number of rotatable bonds is 6. The quantitative estimate of drug-likeness (QED) is 0.662. The molecule has 0 heterocycles. The zero-order chi connectivity index (χ0) is 14.5. The van der Waals surface area contributed by atoms with E-state index in [9.17, 15) is 18.0 Å². The Morgan fingerprint density at radius 3 is 2.16 bits per heavy atom. The van der Waals surface area contributed by atoms with Gasteiger partial charge in [0.25, 0.3) is 5.91 Å². The van der Waals surface area contributed by atoms with Crippen molar-refractivity contribution >= 4 is 21.9 Å². The highest BCUT2D eigenvalue weighted by molar-refractivity contribution is 7.89. The lowest BCUT2D eigenvalue weighted by Gasteiger charge is -2.05. The van der Waals surface area contributed by atoms with Crippen molar-refractivity contribution in [1.82, 2.24) is 10.0 Å². The lowest BCUT2D eigenvalue weighted by atomic mass is 10.1. The topological polar surface area (TPSA) is 113 Å². The van der Waals surface area contributed by atoms with E-state index in [-0.39, 0.29) is 23.4 Å². The summed E-state index contributed by atoms with van der Waals surface area (Å²) >= 11 is 0. The summed E-state index contributed by atoms with van der Waals surface area (Å²) in [5, 5.41) is 11.1. The van der Waals surface area contributed by atoms with Gasteiger partial charge in [0.2, 0.25) is 10.0 Å². The van der Waals surface area contributed by atoms with Crippen LogP contribution >= 0.6 is 0 Å². The van der Waals surface area contributed by atoms with Crippen LogP contribution < -0.4 is 10.0 Å². The number of carboxylic acid groups (broad SMARTS) is 1. The zero-order valence-corrected chi connectivity index (χ0v) is 11.0. The number of aromatic carboxylic acids is 1. The standard InChI is InChI=1S/C11H14N2O5S/c1-12-19(17,18)7-6-13-10(14)8-2-4-9(5-3-8)11(15)16/h2-5,12H,6-7H2,1H3,(H,13,14)(H,15,16). The smallest absolute Gasteiger partial charge is 0.335 e. The lowest BCUT2D eigenvalue weighted by Crippen LogP contribution is -2.32. The van der Waals surface area contributed by atoms with Crippen LogP contribution in [0.1, 0.15) is 20.7 Å². The molecule has 8 heteroatoms. The Labute approximate surface area is 110 Å². The Morgan fingerprint density at radius 1 is 1.16 bits per heavy atom. The van der Waals surface area contributed by atoms with E-state index in [1.807, 2.05) is 0 Å². The van der Waals surface area contributed by atoms with E-state index in [2.05, 4.69) is 10.0 Å².